The Hall–Kier alpha value is -2.00. The molecule has 8 heteroatoms. The summed E-state index contributed by atoms with van der Waals surface area (Å²) in [6.45, 7) is 1.63. The first-order valence-corrected chi connectivity index (χ1v) is 10.1. The fourth-order valence-electron chi connectivity index (χ4n) is 2.62. The molecule has 0 bridgehead atoms. The lowest BCUT2D eigenvalue weighted by Gasteiger charge is -2.26. The van der Waals surface area contributed by atoms with E-state index >= 15 is 0 Å². The van der Waals surface area contributed by atoms with Crippen LogP contribution in [0.5, 0.6) is 0 Å². The van der Waals surface area contributed by atoms with Gasteiger partial charge < -0.3 is 15.0 Å². The van der Waals surface area contributed by atoms with Gasteiger partial charge in [-0.15, -0.1) is 0 Å². The van der Waals surface area contributed by atoms with Gasteiger partial charge in [-0.25, -0.2) is 8.42 Å². The van der Waals surface area contributed by atoms with E-state index in [2.05, 4.69) is 5.32 Å². The largest absolute Gasteiger partial charge is 0.379 e. The first kappa shape index (κ1) is 18.8. The number of ether oxygens (including phenoxy) is 1. The molecule has 0 aliphatic carbocycles. The van der Waals surface area contributed by atoms with Crippen LogP contribution < -0.4 is 10.2 Å². The minimum atomic E-state index is -3.48. The molecule has 0 spiro atoms. The molecule has 138 valence electrons. The number of sulfonamides is 1. The van der Waals surface area contributed by atoms with Crippen LogP contribution in [0.15, 0.2) is 59.5 Å². The first-order valence-electron chi connectivity index (χ1n) is 8.26. The number of nitrogens with one attached hydrogen (secondary N) is 1. The van der Waals surface area contributed by atoms with Crippen LogP contribution in [0.2, 0.25) is 0 Å². The van der Waals surface area contributed by atoms with Crippen LogP contribution in [0.1, 0.15) is 0 Å². The maximum Gasteiger partial charge on any atom is 0.243 e. The van der Waals surface area contributed by atoms with Gasteiger partial charge in [0, 0.05) is 31.5 Å². The van der Waals surface area contributed by atoms with Gasteiger partial charge in [0.2, 0.25) is 10.0 Å². The molecule has 2 aromatic carbocycles. The van der Waals surface area contributed by atoms with Crippen molar-refractivity contribution in [1.29, 1.82) is 0 Å². The highest BCUT2D eigenvalue weighted by molar-refractivity contribution is 7.89. The quantitative estimate of drug-likeness (QED) is 0.809. The number of para-hydroxylation sites is 1. The van der Waals surface area contributed by atoms with Gasteiger partial charge in [0.1, 0.15) is 0 Å². The van der Waals surface area contributed by atoms with Crippen molar-refractivity contribution in [1.82, 2.24) is 4.31 Å². The molecule has 6 nitrogen and oxygen atoms in total. The molecule has 1 saturated heterocycles. The summed E-state index contributed by atoms with van der Waals surface area (Å²) >= 11 is 5.42. The molecule has 26 heavy (non-hydrogen) atoms. The average molecular weight is 392 g/mol. The van der Waals surface area contributed by atoms with Crippen molar-refractivity contribution in [2.75, 3.05) is 43.6 Å². The van der Waals surface area contributed by atoms with Crippen molar-refractivity contribution in [3.63, 3.8) is 0 Å². The van der Waals surface area contributed by atoms with Crippen LogP contribution >= 0.6 is 12.2 Å². The fourth-order valence-corrected chi connectivity index (χ4v) is 4.25. The van der Waals surface area contributed by atoms with Crippen molar-refractivity contribution in [2.45, 2.75) is 4.90 Å². The second kappa shape index (κ2) is 8.13. The van der Waals surface area contributed by atoms with E-state index in [1.54, 1.807) is 24.3 Å². The summed E-state index contributed by atoms with van der Waals surface area (Å²) in [4.78, 5) is 2.13. The maximum atomic E-state index is 12.6. The lowest BCUT2D eigenvalue weighted by molar-refractivity contribution is 0.0730. The van der Waals surface area contributed by atoms with Gasteiger partial charge in [-0.05, 0) is 48.6 Å². The zero-order chi connectivity index (χ0) is 18.6. The van der Waals surface area contributed by atoms with E-state index < -0.39 is 10.0 Å². The first-order chi connectivity index (χ1) is 12.5. The van der Waals surface area contributed by atoms with Gasteiger partial charge in [0.25, 0.3) is 0 Å². The number of morpholine rings is 1. The third-order valence-electron chi connectivity index (χ3n) is 4.16. The van der Waals surface area contributed by atoms with E-state index in [-0.39, 0.29) is 4.90 Å². The van der Waals surface area contributed by atoms with Crippen molar-refractivity contribution in [2.24, 2.45) is 0 Å². The Balaban J connectivity index is 1.68. The molecule has 1 aliphatic rings. The summed E-state index contributed by atoms with van der Waals surface area (Å²) < 4.78 is 31.9. The average Bonchev–Trinajstić information content (AvgIpc) is 2.69. The summed E-state index contributed by atoms with van der Waals surface area (Å²) in [5.41, 5.74) is 1.70. The van der Waals surface area contributed by atoms with E-state index in [1.165, 1.54) is 4.31 Å². The Bertz CT molecular complexity index is 849. The minimum absolute atomic E-state index is 0.271. The van der Waals surface area contributed by atoms with E-state index in [4.69, 9.17) is 17.0 Å². The lowest BCUT2D eigenvalue weighted by Crippen LogP contribution is -2.40. The Morgan fingerprint density at radius 3 is 2.31 bits per heavy atom. The molecule has 0 saturated carbocycles. The number of anilines is 2. The van der Waals surface area contributed by atoms with Crippen molar-refractivity contribution in [3.8, 4) is 0 Å². The molecule has 1 N–H and O–H groups in total. The Kier molecular flexibility index (Phi) is 5.87. The zero-order valence-corrected chi connectivity index (χ0v) is 16.1. The highest BCUT2D eigenvalue weighted by Crippen LogP contribution is 2.20. The molecule has 0 atom stereocenters. The monoisotopic (exact) mass is 391 g/mol. The van der Waals surface area contributed by atoms with E-state index in [9.17, 15) is 8.42 Å². The number of hydrogen-bond acceptors (Lipinski definition) is 4. The minimum Gasteiger partial charge on any atom is -0.379 e. The summed E-state index contributed by atoms with van der Waals surface area (Å²) in [6.07, 6.45) is 0. The normalized spacial score (nSPS) is 15.4. The van der Waals surface area contributed by atoms with Crippen LogP contribution in [0.25, 0.3) is 0 Å². The molecule has 0 radical (unpaired) electrons. The predicted octanol–water partition coefficient (Wildman–Crippen LogP) is 2.54. The third kappa shape index (κ3) is 4.21. The smallest absolute Gasteiger partial charge is 0.243 e. The van der Waals surface area contributed by atoms with Crippen LogP contribution in [-0.4, -0.2) is 51.2 Å². The second-order valence-corrected chi connectivity index (χ2v) is 8.19. The van der Waals surface area contributed by atoms with Crippen molar-refractivity contribution >= 4 is 38.7 Å². The highest BCUT2D eigenvalue weighted by atomic mass is 32.2. The Morgan fingerprint density at radius 2 is 1.69 bits per heavy atom. The topological polar surface area (TPSA) is 61.9 Å². The molecule has 2 aromatic rings. The molecular formula is C18H21N3O3S2. The van der Waals surface area contributed by atoms with Gasteiger partial charge in [-0.2, -0.15) is 4.31 Å². The van der Waals surface area contributed by atoms with Crippen LogP contribution in [-0.2, 0) is 14.8 Å². The highest BCUT2D eigenvalue weighted by Gasteiger charge is 2.26. The van der Waals surface area contributed by atoms with Crippen LogP contribution in [0.3, 0.4) is 0 Å². The Labute approximate surface area is 159 Å². The Morgan fingerprint density at radius 1 is 1.08 bits per heavy atom. The fraction of sp³-hybridized carbons (Fsp3) is 0.278. The molecule has 1 heterocycles. The zero-order valence-electron chi connectivity index (χ0n) is 14.5. The van der Waals surface area contributed by atoms with Gasteiger partial charge in [-0.1, -0.05) is 18.2 Å². The van der Waals surface area contributed by atoms with Crippen LogP contribution in [0, 0.1) is 0 Å². The molecule has 1 fully saturated rings. The van der Waals surface area contributed by atoms with E-state index in [1.807, 2.05) is 42.3 Å². The second-order valence-electron chi connectivity index (χ2n) is 5.87. The van der Waals surface area contributed by atoms with Gasteiger partial charge in [-0.3, -0.25) is 0 Å². The number of rotatable bonds is 4. The lowest BCUT2D eigenvalue weighted by atomic mass is 10.3. The molecule has 0 unspecified atom stereocenters. The molecule has 0 amide bonds. The SMILES string of the molecule is CN(C(=S)Nc1ccc(S(=O)(=O)N2CCOCC2)cc1)c1ccccc1. The molecule has 0 aromatic heterocycles. The van der Waals surface area contributed by atoms with E-state index in [0.717, 1.165) is 11.4 Å². The summed E-state index contributed by atoms with van der Waals surface area (Å²) in [5, 5.41) is 3.66. The van der Waals surface area contributed by atoms with Gasteiger partial charge in [0.15, 0.2) is 5.11 Å². The van der Waals surface area contributed by atoms with Crippen molar-refractivity contribution in [3.05, 3.63) is 54.6 Å². The maximum absolute atomic E-state index is 12.6. The van der Waals surface area contributed by atoms with Gasteiger partial charge in [0.05, 0.1) is 18.1 Å². The van der Waals surface area contributed by atoms with Gasteiger partial charge >= 0.3 is 0 Å². The number of benzene rings is 2. The number of hydrogen-bond donors (Lipinski definition) is 1. The number of thiocarbonyl (C=S) groups is 1. The molecule has 1 aliphatic heterocycles. The summed E-state index contributed by atoms with van der Waals surface area (Å²) in [7, 11) is -1.61. The van der Waals surface area contributed by atoms with Crippen molar-refractivity contribution < 1.29 is 13.2 Å². The van der Waals surface area contributed by atoms with Crippen LogP contribution in [0.4, 0.5) is 11.4 Å². The standard InChI is InChI=1S/C18H21N3O3S2/c1-20(16-5-3-2-4-6-16)18(25)19-15-7-9-17(10-8-15)26(22,23)21-11-13-24-14-12-21/h2-10H,11-14H2,1H3,(H,19,25). The third-order valence-corrected chi connectivity index (χ3v) is 6.45. The molecule has 3 rings (SSSR count). The summed E-state index contributed by atoms with van der Waals surface area (Å²) in [5.74, 6) is 0. The predicted molar refractivity (Wildman–Crippen MR) is 107 cm³/mol. The molecular weight excluding hydrogens is 370 g/mol. The summed E-state index contributed by atoms with van der Waals surface area (Å²) in [6, 6.07) is 16.4. The number of nitrogens with zero attached hydrogens (tertiary/aromatic N) is 2. The van der Waals surface area contributed by atoms with E-state index in [0.29, 0.717) is 31.4 Å².